The molecule has 1 aromatic heterocycles. The zero-order valence-electron chi connectivity index (χ0n) is 11.2. The van der Waals surface area contributed by atoms with Crippen molar-refractivity contribution >= 4 is 11.7 Å². The third-order valence-corrected chi connectivity index (χ3v) is 2.67. The molecule has 18 heavy (non-hydrogen) atoms. The second kappa shape index (κ2) is 5.82. The summed E-state index contributed by atoms with van der Waals surface area (Å²) >= 11 is 0. The van der Waals surface area contributed by atoms with Gasteiger partial charge >= 0.3 is 0 Å². The van der Waals surface area contributed by atoms with Crippen molar-refractivity contribution in [3.63, 3.8) is 0 Å². The zero-order chi connectivity index (χ0) is 13.9. The maximum Gasteiger partial charge on any atom is 0.270 e. The standard InChI is InChI=1S/C13H20N2O3/c1-8(2)15(7-9(3)16)13(18)12-5-11(6-14-12)10(4)17/h5-6,8-9,14,16H,7H2,1-4H3. The molecule has 0 spiro atoms. The Morgan fingerprint density at radius 3 is 2.39 bits per heavy atom. The lowest BCUT2D eigenvalue weighted by Gasteiger charge is -2.27. The molecule has 0 radical (unpaired) electrons. The molecule has 5 nitrogen and oxygen atoms in total. The molecule has 1 amide bonds. The lowest BCUT2D eigenvalue weighted by Crippen LogP contribution is -2.41. The number of nitrogens with zero attached hydrogens (tertiary/aromatic N) is 1. The van der Waals surface area contributed by atoms with Crippen LogP contribution in [0.2, 0.25) is 0 Å². The summed E-state index contributed by atoms with van der Waals surface area (Å²) in [5.41, 5.74) is 0.855. The second-order valence-corrected chi connectivity index (χ2v) is 4.76. The molecule has 5 heteroatoms. The van der Waals surface area contributed by atoms with Gasteiger partial charge in [-0.1, -0.05) is 0 Å². The summed E-state index contributed by atoms with van der Waals surface area (Å²) in [6.45, 7) is 7.13. The molecule has 0 saturated carbocycles. The van der Waals surface area contributed by atoms with E-state index in [1.807, 2.05) is 13.8 Å². The van der Waals surface area contributed by atoms with Crippen LogP contribution in [0.5, 0.6) is 0 Å². The third-order valence-electron chi connectivity index (χ3n) is 2.67. The van der Waals surface area contributed by atoms with Crippen molar-refractivity contribution < 1.29 is 14.7 Å². The van der Waals surface area contributed by atoms with E-state index < -0.39 is 6.10 Å². The molecule has 1 aromatic rings. The maximum atomic E-state index is 12.2. The molecular formula is C13H20N2O3. The summed E-state index contributed by atoms with van der Waals surface area (Å²) in [4.78, 5) is 27.8. The largest absolute Gasteiger partial charge is 0.392 e. The van der Waals surface area contributed by atoms with Gasteiger partial charge in [-0.3, -0.25) is 9.59 Å². The van der Waals surface area contributed by atoms with Crippen molar-refractivity contribution in [2.24, 2.45) is 0 Å². The molecule has 0 aromatic carbocycles. The van der Waals surface area contributed by atoms with Crippen LogP contribution in [0.3, 0.4) is 0 Å². The van der Waals surface area contributed by atoms with Gasteiger partial charge in [-0.2, -0.15) is 0 Å². The molecule has 0 aliphatic heterocycles. The van der Waals surface area contributed by atoms with Gasteiger partial charge < -0.3 is 15.0 Å². The van der Waals surface area contributed by atoms with E-state index in [9.17, 15) is 14.7 Å². The zero-order valence-corrected chi connectivity index (χ0v) is 11.2. The molecule has 1 rings (SSSR count). The Labute approximate surface area is 107 Å². The van der Waals surface area contributed by atoms with E-state index in [0.717, 1.165) is 0 Å². The van der Waals surface area contributed by atoms with Crippen LogP contribution in [0, 0.1) is 0 Å². The quantitative estimate of drug-likeness (QED) is 0.779. The van der Waals surface area contributed by atoms with Gasteiger partial charge in [0.15, 0.2) is 5.78 Å². The van der Waals surface area contributed by atoms with Crippen LogP contribution in [0.15, 0.2) is 12.3 Å². The van der Waals surface area contributed by atoms with Crippen LogP contribution < -0.4 is 0 Å². The monoisotopic (exact) mass is 252 g/mol. The summed E-state index contributed by atoms with van der Waals surface area (Å²) in [6.07, 6.45) is 0.940. The number of Topliss-reactive ketones (excluding diaryl/α,β-unsaturated/α-hetero) is 1. The molecule has 1 atom stereocenters. The number of carbonyl (C=O) groups is 2. The number of rotatable bonds is 5. The molecule has 100 valence electrons. The van der Waals surface area contributed by atoms with Crippen LogP contribution in [0.1, 0.15) is 48.5 Å². The molecule has 2 N–H and O–H groups in total. The molecule has 1 unspecified atom stereocenters. The number of hydrogen-bond donors (Lipinski definition) is 2. The Bertz CT molecular complexity index is 435. The SMILES string of the molecule is CC(=O)c1c[nH]c(C(=O)N(CC(C)O)C(C)C)c1. The Morgan fingerprint density at radius 1 is 1.39 bits per heavy atom. The number of nitrogens with one attached hydrogen (secondary N) is 1. The molecule has 1 heterocycles. The smallest absolute Gasteiger partial charge is 0.270 e. The van der Waals surface area contributed by atoms with Crippen molar-refractivity contribution in [3.05, 3.63) is 23.5 Å². The Balaban J connectivity index is 2.91. The van der Waals surface area contributed by atoms with Gasteiger partial charge in [-0.05, 0) is 33.8 Å². The summed E-state index contributed by atoms with van der Waals surface area (Å²) in [6, 6.07) is 1.53. The van der Waals surface area contributed by atoms with Gasteiger partial charge in [-0.25, -0.2) is 0 Å². The summed E-state index contributed by atoms with van der Waals surface area (Å²) < 4.78 is 0. The van der Waals surface area contributed by atoms with Gasteiger partial charge in [0.2, 0.25) is 0 Å². The van der Waals surface area contributed by atoms with Crippen LogP contribution in [-0.2, 0) is 0 Å². The highest BCUT2D eigenvalue weighted by molar-refractivity contribution is 5.99. The van der Waals surface area contributed by atoms with E-state index in [-0.39, 0.29) is 24.3 Å². The Hall–Kier alpha value is -1.62. The number of H-pyrrole nitrogens is 1. The van der Waals surface area contributed by atoms with Crippen molar-refractivity contribution in [2.75, 3.05) is 6.54 Å². The number of hydrogen-bond acceptors (Lipinski definition) is 3. The molecular weight excluding hydrogens is 232 g/mol. The van der Waals surface area contributed by atoms with Crippen LogP contribution in [0.25, 0.3) is 0 Å². The van der Waals surface area contributed by atoms with Crippen LogP contribution >= 0.6 is 0 Å². The number of amides is 1. The van der Waals surface area contributed by atoms with Gasteiger partial charge in [0.05, 0.1) is 6.10 Å². The molecule has 0 bridgehead atoms. The van der Waals surface area contributed by atoms with Gasteiger partial charge in [-0.15, -0.1) is 0 Å². The topological polar surface area (TPSA) is 73.4 Å². The van der Waals surface area contributed by atoms with E-state index in [0.29, 0.717) is 11.3 Å². The van der Waals surface area contributed by atoms with Crippen molar-refractivity contribution in [2.45, 2.75) is 39.8 Å². The summed E-state index contributed by atoms with van der Waals surface area (Å²) in [7, 11) is 0. The number of ketones is 1. The number of aromatic nitrogens is 1. The van der Waals surface area contributed by atoms with Gasteiger partial charge in [0, 0.05) is 24.3 Å². The lowest BCUT2D eigenvalue weighted by molar-refractivity contribution is 0.0574. The highest BCUT2D eigenvalue weighted by atomic mass is 16.3. The third kappa shape index (κ3) is 3.43. The van der Waals surface area contributed by atoms with Crippen LogP contribution in [-0.4, -0.2) is 45.4 Å². The van der Waals surface area contributed by atoms with E-state index in [2.05, 4.69) is 4.98 Å². The number of carbonyl (C=O) groups excluding carboxylic acids is 2. The van der Waals surface area contributed by atoms with Crippen molar-refractivity contribution in [3.8, 4) is 0 Å². The fourth-order valence-corrected chi connectivity index (χ4v) is 1.69. The molecule has 0 fully saturated rings. The average Bonchev–Trinajstić information content (AvgIpc) is 2.73. The minimum Gasteiger partial charge on any atom is -0.392 e. The first-order chi connectivity index (χ1) is 8.32. The minimum atomic E-state index is -0.585. The fraction of sp³-hybridized carbons (Fsp3) is 0.538. The molecule has 0 aliphatic carbocycles. The van der Waals surface area contributed by atoms with Crippen LogP contribution in [0.4, 0.5) is 0 Å². The van der Waals surface area contributed by atoms with E-state index in [1.54, 1.807) is 17.9 Å². The first kappa shape index (κ1) is 14.4. The van der Waals surface area contributed by atoms with E-state index >= 15 is 0 Å². The molecule has 0 saturated heterocycles. The fourth-order valence-electron chi connectivity index (χ4n) is 1.69. The Morgan fingerprint density at radius 2 is 2.00 bits per heavy atom. The van der Waals surface area contributed by atoms with E-state index in [4.69, 9.17) is 0 Å². The van der Waals surface area contributed by atoms with Gasteiger partial charge in [0.25, 0.3) is 5.91 Å². The minimum absolute atomic E-state index is 0.0174. The number of aliphatic hydroxyl groups excluding tert-OH is 1. The number of aliphatic hydroxyl groups is 1. The first-order valence-corrected chi connectivity index (χ1v) is 6.01. The highest BCUT2D eigenvalue weighted by Gasteiger charge is 2.21. The number of aromatic amines is 1. The van der Waals surface area contributed by atoms with Crippen molar-refractivity contribution in [1.29, 1.82) is 0 Å². The predicted molar refractivity (Wildman–Crippen MR) is 68.7 cm³/mol. The lowest BCUT2D eigenvalue weighted by atomic mass is 10.2. The summed E-state index contributed by atoms with van der Waals surface area (Å²) in [5.74, 6) is -0.296. The highest BCUT2D eigenvalue weighted by Crippen LogP contribution is 2.11. The van der Waals surface area contributed by atoms with E-state index in [1.165, 1.54) is 13.1 Å². The second-order valence-electron chi connectivity index (χ2n) is 4.76. The Kier molecular flexibility index (Phi) is 4.67. The average molecular weight is 252 g/mol. The van der Waals surface area contributed by atoms with Gasteiger partial charge in [0.1, 0.15) is 5.69 Å². The molecule has 0 aliphatic rings. The normalized spacial score (nSPS) is 12.6. The predicted octanol–water partition coefficient (Wildman–Crippen LogP) is 1.45. The summed E-state index contributed by atoms with van der Waals surface area (Å²) in [5, 5.41) is 9.40. The first-order valence-electron chi connectivity index (χ1n) is 6.01. The maximum absolute atomic E-state index is 12.2. The van der Waals surface area contributed by atoms with Crippen molar-refractivity contribution in [1.82, 2.24) is 9.88 Å².